The van der Waals surface area contributed by atoms with E-state index in [4.69, 9.17) is 0 Å². The van der Waals surface area contributed by atoms with E-state index in [1.165, 1.54) is 14.2 Å². The summed E-state index contributed by atoms with van der Waals surface area (Å²) in [6, 6.07) is 0. The van der Waals surface area contributed by atoms with Crippen molar-refractivity contribution in [1.82, 2.24) is 0 Å². The van der Waals surface area contributed by atoms with Crippen LogP contribution in [0.25, 0.3) is 0 Å². The molecule has 0 bridgehead atoms. The summed E-state index contributed by atoms with van der Waals surface area (Å²) in [5, 5.41) is 0. The third kappa shape index (κ3) is 9.23. The summed E-state index contributed by atoms with van der Waals surface area (Å²) in [6.45, 7) is 0. The van der Waals surface area contributed by atoms with Gasteiger partial charge in [-0.2, -0.15) is 0 Å². The zero-order chi connectivity index (χ0) is 5.70. The van der Waals surface area contributed by atoms with Crippen molar-refractivity contribution in [3.05, 3.63) is 0 Å². The molecule has 0 atom stereocenters. The molecule has 0 heterocycles. The molecule has 2 radical (unpaired) electrons. The van der Waals surface area contributed by atoms with Crippen molar-refractivity contribution in [3.63, 3.8) is 0 Å². The normalized spacial score (nSPS) is 7.44. The Balaban J connectivity index is -0.000000180. The van der Waals surface area contributed by atoms with Gasteiger partial charge in [0.15, 0.2) is 6.29 Å². The molecule has 0 aromatic rings. The molecular weight excluding hydrogens is 351 g/mol. The van der Waals surface area contributed by atoms with Gasteiger partial charge >= 0.3 is 27.3 Å². The predicted octanol–water partition coefficient (Wildman–Crippen LogP) is -1.11. The number of aldehydes is 1. The minimum Gasteiger partial charge on any atom is 0 e. The van der Waals surface area contributed by atoms with Crippen molar-refractivity contribution in [3.8, 4) is 0 Å². The van der Waals surface area contributed by atoms with Gasteiger partial charge in [-0.05, 0) is 0 Å². The van der Waals surface area contributed by atoms with Gasteiger partial charge in [-0.1, -0.05) is 0 Å². The van der Waals surface area contributed by atoms with Crippen LogP contribution >= 0.6 is 0 Å². The van der Waals surface area contributed by atoms with Crippen molar-refractivity contribution in [1.29, 1.82) is 0 Å². The van der Waals surface area contributed by atoms with Crippen LogP contribution in [0.4, 0.5) is 0 Å². The maximum atomic E-state index is 9.72. The van der Waals surface area contributed by atoms with Crippen molar-refractivity contribution >= 4 is 33.6 Å². The van der Waals surface area contributed by atoms with E-state index in [9.17, 15) is 4.79 Å². The fourth-order valence-electron chi connectivity index (χ4n) is 0.207. The minimum absolute atomic E-state index is 0. The summed E-state index contributed by atoms with van der Waals surface area (Å²) in [7, 11) is 2.81. The Hall–Kier alpha value is 1.23. The molecule has 52 valence electrons. The SMILES string of the molecule is COC(C=O)OC.[PbH2].[Ti]. The molecule has 0 saturated heterocycles. The Morgan fingerprint density at radius 3 is 1.67 bits per heavy atom. The van der Waals surface area contributed by atoms with Crippen LogP contribution in [0.5, 0.6) is 0 Å². The van der Waals surface area contributed by atoms with E-state index >= 15 is 0 Å². The first-order valence-corrected chi connectivity index (χ1v) is 1.86. The first-order valence-electron chi connectivity index (χ1n) is 1.86. The molecule has 0 spiro atoms. The van der Waals surface area contributed by atoms with E-state index in [1.807, 2.05) is 0 Å². The second-order valence-corrected chi connectivity index (χ2v) is 0.976. The Morgan fingerprint density at radius 2 is 1.67 bits per heavy atom. The largest absolute Gasteiger partial charge is 0 e. The molecular formula is C4H10O3PbTi. The number of rotatable bonds is 3. The quantitative estimate of drug-likeness (QED) is 0.363. The number of ether oxygens (including phenoxy) is 2. The van der Waals surface area contributed by atoms with E-state index in [1.54, 1.807) is 0 Å². The van der Waals surface area contributed by atoms with Crippen molar-refractivity contribution < 1.29 is 36.0 Å². The molecule has 0 unspecified atom stereocenters. The maximum Gasteiger partial charge on any atom is 0 e. The van der Waals surface area contributed by atoms with Crippen LogP contribution in [0, 0.1) is 0 Å². The van der Waals surface area contributed by atoms with Gasteiger partial charge in [0.05, 0.1) is 0 Å². The van der Waals surface area contributed by atoms with Gasteiger partial charge < -0.3 is 9.47 Å². The van der Waals surface area contributed by atoms with E-state index in [2.05, 4.69) is 9.47 Å². The topological polar surface area (TPSA) is 35.5 Å². The fourth-order valence-corrected chi connectivity index (χ4v) is 0.207. The zero-order valence-electron chi connectivity index (χ0n) is 5.59. The molecule has 5 heteroatoms. The van der Waals surface area contributed by atoms with E-state index in [0.717, 1.165) is 0 Å². The Bertz CT molecular complexity index is 57.8. The molecule has 3 nitrogen and oxygen atoms in total. The van der Waals surface area contributed by atoms with Crippen molar-refractivity contribution in [2.24, 2.45) is 0 Å². The van der Waals surface area contributed by atoms with Gasteiger partial charge in [0, 0.05) is 35.9 Å². The molecule has 0 amide bonds. The number of carbonyl (C=O) groups excluding carboxylic acids is 1. The molecule has 0 N–H and O–H groups in total. The molecule has 0 aromatic heterocycles. The average molecular weight is 361 g/mol. The second-order valence-electron chi connectivity index (χ2n) is 0.976. The number of carbonyl (C=O) groups is 1. The predicted molar refractivity (Wildman–Crippen MR) is 32.4 cm³/mol. The number of methoxy groups -OCH3 is 2. The smallest absolute Gasteiger partial charge is 0 e. The first kappa shape index (κ1) is 16.7. The molecule has 0 aliphatic rings. The summed E-state index contributed by atoms with van der Waals surface area (Å²) in [5.74, 6) is 0. The monoisotopic (exact) mass is 362 g/mol. The first-order chi connectivity index (χ1) is 3.35. The van der Waals surface area contributed by atoms with Crippen LogP contribution in [0.3, 0.4) is 0 Å². The van der Waals surface area contributed by atoms with Crippen LogP contribution in [0.2, 0.25) is 0 Å². The molecule has 9 heavy (non-hydrogen) atoms. The van der Waals surface area contributed by atoms with Crippen LogP contribution in [0.15, 0.2) is 0 Å². The Morgan fingerprint density at radius 1 is 1.33 bits per heavy atom. The van der Waals surface area contributed by atoms with Crippen molar-refractivity contribution in [2.75, 3.05) is 14.2 Å². The molecule has 0 aromatic carbocycles. The average Bonchev–Trinajstić information content (AvgIpc) is 1.72. The van der Waals surface area contributed by atoms with E-state index in [-0.39, 0.29) is 49.0 Å². The van der Waals surface area contributed by atoms with Gasteiger partial charge in [0.2, 0.25) is 6.29 Å². The van der Waals surface area contributed by atoms with E-state index in [0.29, 0.717) is 6.29 Å². The third-order valence-corrected chi connectivity index (χ3v) is 0.576. The fraction of sp³-hybridized carbons (Fsp3) is 0.750. The molecule has 0 aliphatic heterocycles. The number of hydrogen-bond donors (Lipinski definition) is 0. The minimum atomic E-state index is -0.694. The standard InChI is InChI=1S/C4H8O3.Pb.Ti.2H/c1-6-4(3-5)7-2;;;;/h3-4H,1-2H3;;;;. The summed E-state index contributed by atoms with van der Waals surface area (Å²) >= 11 is 0. The third-order valence-electron chi connectivity index (χ3n) is 0.576. The van der Waals surface area contributed by atoms with Crippen LogP contribution in [-0.4, -0.2) is 54.1 Å². The Kier molecular flexibility index (Phi) is 22.1. The molecule has 0 aliphatic carbocycles. The molecule has 0 fully saturated rings. The van der Waals surface area contributed by atoms with Crippen LogP contribution in [0.1, 0.15) is 0 Å². The molecule has 0 saturated carbocycles. The zero-order valence-corrected chi connectivity index (χ0v) is 12.6. The summed E-state index contributed by atoms with van der Waals surface area (Å²) < 4.78 is 8.92. The summed E-state index contributed by atoms with van der Waals surface area (Å²) in [6.07, 6.45) is -0.111. The van der Waals surface area contributed by atoms with Gasteiger partial charge in [0.1, 0.15) is 0 Å². The Labute approximate surface area is 89.5 Å². The summed E-state index contributed by atoms with van der Waals surface area (Å²) in [5.41, 5.74) is 0. The number of hydrogen-bond acceptors (Lipinski definition) is 3. The summed E-state index contributed by atoms with van der Waals surface area (Å²) in [4.78, 5) is 9.72. The van der Waals surface area contributed by atoms with Gasteiger partial charge in [-0.25, -0.2) is 0 Å². The van der Waals surface area contributed by atoms with Crippen LogP contribution in [-0.2, 0) is 36.0 Å². The van der Waals surface area contributed by atoms with Gasteiger partial charge in [-0.3, -0.25) is 4.79 Å². The van der Waals surface area contributed by atoms with Crippen molar-refractivity contribution in [2.45, 2.75) is 6.29 Å². The molecule has 0 rings (SSSR count). The van der Waals surface area contributed by atoms with E-state index < -0.39 is 6.29 Å². The van der Waals surface area contributed by atoms with Crippen LogP contribution < -0.4 is 0 Å². The van der Waals surface area contributed by atoms with Gasteiger partial charge in [-0.15, -0.1) is 0 Å². The van der Waals surface area contributed by atoms with Gasteiger partial charge in [0.25, 0.3) is 0 Å². The maximum absolute atomic E-state index is 9.72. The second kappa shape index (κ2) is 12.0.